The molecule has 186 valence electrons. The van der Waals surface area contributed by atoms with Gasteiger partial charge in [-0.25, -0.2) is 0 Å². The van der Waals surface area contributed by atoms with Gasteiger partial charge in [-0.1, -0.05) is 49.4 Å². The number of aromatic nitrogens is 2. The number of nitrogens with zero attached hydrogens (tertiary/aromatic N) is 5. The summed E-state index contributed by atoms with van der Waals surface area (Å²) in [5.74, 6) is 0.480. The topological polar surface area (TPSA) is 72.8 Å². The van der Waals surface area contributed by atoms with Crippen LogP contribution in [0.15, 0.2) is 66.9 Å². The first-order chi connectivity index (χ1) is 17.5. The van der Waals surface area contributed by atoms with E-state index < -0.39 is 5.41 Å². The number of carbonyl (C=O) groups excluding carboxylic acids is 1. The van der Waals surface area contributed by atoms with E-state index in [9.17, 15) is 9.90 Å². The molecule has 0 unspecified atom stereocenters. The number of para-hydroxylation sites is 1. The number of anilines is 1. The molecule has 7 heteroatoms. The highest BCUT2D eigenvalue weighted by molar-refractivity contribution is 5.89. The Bertz CT molecular complexity index is 1240. The minimum absolute atomic E-state index is 0.192. The largest absolute Gasteiger partial charge is 0.507 e. The number of phenolic OH excluding ortho intramolecular Hbond substituents is 1. The first-order valence-corrected chi connectivity index (χ1v) is 13.0. The van der Waals surface area contributed by atoms with E-state index in [-0.39, 0.29) is 11.7 Å². The van der Waals surface area contributed by atoms with Crippen molar-refractivity contribution in [3.05, 3.63) is 72.4 Å². The Morgan fingerprint density at radius 1 is 0.972 bits per heavy atom. The molecule has 3 aliphatic heterocycles. The number of likely N-dealkylation sites (tertiary alicyclic amines) is 2. The van der Waals surface area contributed by atoms with Crippen molar-refractivity contribution in [1.82, 2.24) is 20.0 Å². The van der Waals surface area contributed by atoms with Crippen molar-refractivity contribution in [1.29, 1.82) is 0 Å². The molecule has 0 bridgehead atoms. The molecule has 1 amide bonds. The lowest BCUT2D eigenvalue weighted by molar-refractivity contribution is -0.165. The van der Waals surface area contributed by atoms with Gasteiger partial charge in [-0.2, -0.15) is 10.2 Å². The fourth-order valence-corrected chi connectivity index (χ4v) is 6.42. The normalized spacial score (nSPS) is 20.6. The van der Waals surface area contributed by atoms with Crippen molar-refractivity contribution in [3.8, 4) is 17.0 Å². The van der Waals surface area contributed by atoms with Gasteiger partial charge in [0.25, 0.3) is 0 Å². The summed E-state index contributed by atoms with van der Waals surface area (Å²) in [6, 6.07) is 19.5. The van der Waals surface area contributed by atoms with Gasteiger partial charge in [0, 0.05) is 50.2 Å². The number of hydrogen-bond acceptors (Lipinski definition) is 6. The number of benzene rings is 2. The van der Waals surface area contributed by atoms with Gasteiger partial charge in [-0.3, -0.25) is 4.79 Å². The van der Waals surface area contributed by atoms with Crippen LogP contribution in [0.2, 0.25) is 0 Å². The summed E-state index contributed by atoms with van der Waals surface area (Å²) in [6.45, 7) is 8.83. The molecule has 0 saturated carbocycles. The van der Waals surface area contributed by atoms with Crippen LogP contribution in [-0.2, 0) is 10.2 Å². The minimum Gasteiger partial charge on any atom is -0.507 e. The van der Waals surface area contributed by atoms with Crippen LogP contribution in [0.3, 0.4) is 0 Å². The van der Waals surface area contributed by atoms with E-state index >= 15 is 0 Å². The summed E-state index contributed by atoms with van der Waals surface area (Å²) < 4.78 is 0. The molecule has 3 aromatic rings. The predicted octanol–water partition coefficient (Wildman–Crippen LogP) is 3.55. The van der Waals surface area contributed by atoms with Crippen molar-refractivity contribution in [2.45, 2.75) is 25.2 Å². The van der Waals surface area contributed by atoms with E-state index in [2.05, 4.69) is 44.0 Å². The SMILES string of the molecule is CCN1CC2(C1)CN(C(=O)C1(c3ccccc3)CCN(c3cnnc(-c4ccccc4O)c3)CC1)C2. The molecule has 7 nitrogen and oxygen atoms in total. The molecule has 3 saturated heterocycles. The molecule has 2 aromatic carbocycles. The second-order valence-electron chi connectivity index (χ2n) is 10.7. The highest BCUT2D eigenvalue weighted by atomic mass is 16.3. The second kappa shape index (κ2) is 8.89. The zero-order chi connectivity index (χ0) is 24.8. The molecular formula is C29H33N5O2. The quantitative estimate of drug-likeness (QED) is 0.598. The van der Waals surface area contributed by atoms with Crippen LogP contribution in [0.4, 0.5) is 5.69 Å². The number of phenols is 1. The van der Waals surface area contributed by atoms with Gasteiger partial charge in [0.1, 0.15) is 5.75 Å². The zero-order valence-electron chi connectivity index (χ0n) is 20.8. The molecule has 1 N–H and O–H groups in total. The fraction of sp³-hybridized carbons (Fsp3) is 0.414. The standard InChI is InChI=1S/C29H33N5O2/c1-2-32-18-28(19-32)20-34(21-28)27(36)29(22-8-4-3-5-9-22)12-14-33(15-13-29)23-16-25(31-30-17-23)24-10-6-7-11-26(24)35/h3-11,16-17,35H,2,12-15,18-21H2,1H3. The lowest BCUT2D eigenvalue weighted by Crippen LogP contribution is -2.74. The molecule has 36 heavy (non-hydrogen) atoms. The lowest BCUT2D eigenvalue weighted by Gasteiger charge is -2.61. The van der Waals surface area contributed by atoms with Crippen LogP contribution in [0.25, 0.3) is 11.3 Å². The first kappa shape index (κ1) is 23.0. The van der Waals surface area contributed by atoms with Crippen LogP contribution in [0.1, 0.15) is 25.3 Å². The summed E-state index contributed by atoms with van der Waals surface area (Å²) in [6.07, 6.45) is 3.29. The first-order valence-electron chi connectivity index (χ1n) is 13.0. The summed E-state index contributed by atoms with van der Waals surface area (Å²) in [4.78, 5) is 20.9. The monoisotopic (exact) mass is 483 g/mol. The Morgan fingerprint density at radius 2 is 1.67 bits per heavy atom. The molecule has 3 aliphatic rings. The van der Waals surface area contributed by atoms with Crippen molar-refractivity contribution in [2.24, 2.45) is 5.41 Å². The molecule has 1 spiro atoms. The Kier molecular flexibility index (Phi) is 5.67. The van der Waals surface area contributed by atoms with Crippen LogP contribution in [0.5, 0.6) is 5.75 Å². The van der Waals surface area contributed by atoms with E-state index in [0.717, 1.165) is 69.9 Å². The fourth-order valence-electron chi connectivity index (χ4n) is 6.42. The van der Waals surface area contributed by atoms with E-state index in [1.165, 1.54) is 0 Å². The average Bonchev–Trinajstić information content (AvgIpc) is 2.88. The van der Waals surface area contributed by atoms with Crippen molar-refractivity contribution in [3.63, 3.8) is 0 Å². The Hall–Kier alpha value is -3.45. The molecule has 0 aliphatic carbocycles. The maximum absolute atomic E-state index is 14.0. The number of rotatable bonds is 5. The third-order valence-corrected chi connectivity index (χ3v) is 8.44. The summed E-state index contributed by atoms with van der Waals surface area (Å²) in [5, 5.41) is 18.7. The zero-order valence-corrected chi connectivity index (χ0v) is 20.8. The minimum atomic E-state index is -0.492. The van der Waals surface area contributed by atoms with E-state index in [1.54, 1.807) is 18.3 Å². The molecule has 1 aromatic heterocycles. The van der Waals surface area contributed by atoms with Crippen LogP contribution in [-0.4, -0.2) is 76.8 Å². The number of hydrogen-bond donors (Lipinski definition) is 1. The smallest absolute Gasteiger partial charge is 0.233 e. The molecule has 3 fully saturated rings. The number of carbonyl (C=O) groups is 1. The van der Waals surface area contributed by atoms with Gasteiger partial charge in [0.05, 0.1) is 23.0 Å². The Balaban J connectivity index is 1.21. The summed E-state index contributed by atoms with van der Waals surface area (Å²) >= 11 is 0. The van der Waals surface area contributed by atoms with E-state index in [4.69, 9.17) is 0 Å². The maximum Gasteiger partial charge on any atom is 0.233 e. The molecule has 0 radical (unpaired) electrons. The van der Waals surface area contributed by atoms with Gasteiger partial charge in [-0.05, 0) is 43.1 Å². The van der Waals surface area contributed by atoms with Crippen LogP contribution >= 0.6 is 0 Å². The third kappa shape index (κ3) is 3.82. The lowest BCUT2D eigenvalue weighted by atomic mass is 9.67. The third-order valence-electron chi connectivity index (χ3n) is 8.44. The maximum atomic E-state index is 14.0. The van der Waals surface area contributed by atoms with Crippen molar-refractivity contribution >= 4 is 11.6 Å². The van der Waals surface area contributed by atoms with Gasteiger partial charge < -0.3 is 19.8 Å². The van der Waals surface area contributed by atoms with Crippen LogP contribution < -0.4 is 4.90 Å². The highest BCUT2D eigenvalue weighted by Crippen LogP contribution is 2.45. The van der Waals surface area contributed by atoms with Gasteiger partial charge >= 0.3 is 0 Å². The Morgan fingerprint density at radius 3 is 2.36 bits per heavy atom. The number of aromatic hydroxyl groups is 1. The van der Waals surface area contributed by atoms with Gasteiger partial charge in [0.2, 0.25) is 5.91 Å². The molecular weight excluding hydrogens is 450 g/mol. The predicted molar refractivity (Wildman–Crippen MR) is 140 cm³/mol. The number of piperidine rings is 1. The molecule has 0 atom stereocenters. The summed E-state index contributed by atoms with van der Waals surface area (Å²) in [7, 11) is 0. The highest BCUT2D eigenvalue weighted by Gasteiger charge is 2.56. The molecule has 4 heterocycles. The van der Waals surface area contributed by atoms with Crippen LogP contribution in [0, 0.1) is 5.41 Å². The van der Waals surface area contributed by atoms with E-state index in [1.807, 2.05) is 36.4 Å². The number of amides is 1. The van der Waals surface area contributed by atoms with Gasteiger partial charge in [0.15, 0.2) is 0 Å². The average molecular weight is 484 g/mol. The molecule has 6 rings (SSSR count). The Labute approximate surface area is 212 Å². The van der Waals surface area contributed by atoms with Gasteiger partial charge in [-0.15, -0.1) is 0 Å². The van der Waals surface area contributed by atoms with Crippen molar-refractivity contribution < 1.29 is 9.90 Å². The van der Waals surface area contributed by atoms with E-state index in [0.29, 0.717) is 16.7 Å². The second-order valence-corrected chi connectivity index (χ2v) is 10.7. The summed E-state index contributed by atoms with van der Waals surface area (Å²) in [5.41, 5.74) is 3.24. The van der Waals surface area contributed by atoms with Crippen molar-refractivity contribution in [2.75, 3.05) is 50.7 Å².